The molecule has 0 fully saturated rings. The maximum Gasteiger partial charge on any atom is 0.151 e. The first-order valence-corrected chi connectivity index (χ1v) is 6.09. The van der Waals surface area contributed by atoms with Crippen LogP contribution >= 0.6 is 0 Å². The van der Waals surface area contributed by atoms with Crippen LogP contribution in [0.15, 0.2) is 12.1 Å². The molecule has 0 radical (unpaired) electrons. The van der Waals surface area contributed by atoms with Crippen molar-refractivity contribution in [3.8, 4) is 0 Å². The van der Waals surface area contributed by atoms with Crippen LogP contribution in [0.5, 0.6) is 0 Å². The molecule has 17 heavy (non-hydrogen) atoms. The van der Waals surface area contributed by atoms with E-state index in [4.69, 9.17) is 0 Å². The van der Waals surface area contributed by atoms with Crippen LogP contribution in [0.1, 0.15) is 63.3 Å². The van der Waals surface area contributed by atoms with Crippen LogP contribution in [0.4, 0.5) is 0 Å². The minimum atomic E-state index is 0.0219. The van der Waals surface area contributed by atoms with Gasteiger partial charge in [-0.15, -0.1) is 0 Å². The zero-order chi connectivity index (χ0) is 13.3. The summed E-state index contributed by atoms with van der Waals surface area (Å²) in [5.74, 6) is 0. The van der Waals surface area contributed by atoms with Crippen molar-refractivity contribution in [3.63, 3.8) is 0 Å². The Hall–Kier alpha value is -1.18. The van der Waals surface area contributed by atoms with Gasteiger partial charge in [-0.05, 0) is 24.0 Å². The molecular weight excluding hydrogens is 210 g/mol. The molecule has 1 heterocycles. The quantitative estimate of drug-likeness (QED) is 0.728. The minimum Gasteiger partial charge on any atom is -0.298 e. The fourth-order valence-corrected chi connectivity index (χ4v) is 1.68. The van der Waals surface area contributed by atoms with Crippen molar-refractivity contribution < 1.29 is 4.79 Å². The molecule has 1 aromatic rings. The van der Waals surface area contributed by atoms with Crippen LogP contribution in [0.25, 0.3) is 0 Å². The number of rotatable bonds is 2. The summed E-state index contributed by atoms with van der Waals surface area (Å²) in [6, 6.07) is 3.84. The van der Waals surface area contributed by atoms with Gasteiger partial charge in [-0.2, -0.15) is 0 Å². The first kappa shape index (κ1) is 13.9. The monoisotopic (exact) mass is 233 g/mol. The normalized spacial score (nSPS) is 12.6. The van der Waals surface area contributed by atoms with Gasteiger partial charge in [0.15, 0.2) is 6.29 Å². The second kappa shape index (κ2) is 4.59. The van der Waals surface area contributed by atoms with Crippen molar-refractivity contribution >= 4 is 6.29 Å². The summed E-state index contributed by atoms with van der Waals surface area (Å²) in [6.07, 6.45) is 1.73. The van der Waals surface area contributed by atoms with E-state index in [1.807, 2.05) is 12.1 Å². The lowest BCUT2D eigenvalue weighted by Crippen LogP contribution is -2.18. The average Bonchev–Trinajstić information content (AvgIpc) is 2.13. The summed E-state index contributed by atoms with van der Waals surface area (Å²) in [5, 5.41) is 0. The van der Waals surface area contributed by atoms with Crippen LogP contribution in [-0.2, 0) is 11.8 Å². The number of aromatic nitrogens is 1. The summed E-state index contributed by atoms with van der Waals surface area (Å²) in [4.78, 5) is 15.7. The molecule has 2 heteroatoms. The molecule has 1 aromatic heterocycles. The van der Waals surface area contributed by atoms with E-state index < -0.39 is 0 Å². The molecule has 0 saturated carbocycles. The van der Waals surface area contributed by atoms with E-state index >= 15 is 0 Å². The van der Waals surface area contributed by atoms with Crippen molar-refractivity contribution in [2.24, 2.45) is 5.41 Å². The lowest BCUT2D eigenvalue weighted by Gasteiger charge is -2.22. The third-order valence-electron chi connectivity index (χ3n) is 2.60. The smallest absolute Gasteiger partial charge is 0.151 e. The maximum atomic E-state index is 11.0. The first-order chi connectivity index (χ1) is 7.63. The Morgan fingerprint density at radius 1 is 1.12 bits per heavy atom. The molecule has 0 saturated heterocycles. The Labute approximate surface area is 104 Å². The van der Waals surface area contributed by atoms with Gasteiger partial charge >= 0.3 is 0 Å². The number of nitrogens with zero attached hydrogens (tertiary/aromatic N) is 1. The lowest BCUT2D eigenvalue weighted by atomic mass is 9.87. The topological polar surface area (TPSA) is 30.0 Å². The largest absolute Gasteiger partial charge is 0.298 e. The summed E-state index contributed by atoms with van der Waals surface area (Å²) < 4.78 is 0. The van der Waals surface area contributed by atoms with Gasteiger partial charge in [0, 0.05) is 16.7 Å². The van der Waals surface area contributed by atoms with Crippen LogP contribution in [0.3, 0.4) is 0 Å². The minimum absolute atomic E-state index is 0.0219. The lowest BCUT2D eigenvalue weighted by molar-refractivity contribution is 0.112. The predicted octanol–water partition coefficient (Wildman–Crippen LogP) is 3.78. The molecule has 0 spiro atoms. The summed E-state index contributed by atoms with van der Waals surface area (Å²) >= 11 is 0. The van der Waals surface area contributed by atoms with E-state index in [-0.39, 0.29) is 10.8 Å². The molecule has 0 bridgehead atoms. The van der Waals surface area contributed by atoms with E-state index in [0.717, 1.165) is 24.1 Å². The molecule has 0 atom stereocenters. The maximum absolute atomic E-state index is 11.0. The summed E-state index contributed by atoms with van der Waals surface area (Å²) in [7, 11) is 0. The molecular formula is C15H23NO. The zero-order valence-corrected chi connectivity index (χ0v) is 11.8. The van der Waals surface area contributed by atoms with Crippen LogP contribution in [0, 0.1) is 5.41 Å². The number of pyridine rings is 1. The van der Waals surface area contributed by atoms with Crippen LogP contribution in [-0.4, -0.2) is 11.3 Å². The zero-order valence-electron chi connectivity index (χ0n) is 11.8. The average molecular weight is 233 g/mol. The molecule has 0 N–H and O–H groups in total. The number of aldehydes is 1. The summed E-state index contributed by atoms with van der Waals surface area (Å²) in [5.41, 5.74) is 2.84. The van der Waals surface area contributed by atoms with Crippen molar-refractivity contribution in [2.75, 3.05) is 0 Å². The second-order valence-electron chi connectivity index (χ2n) is 6.84. The fourth-order valence-electron chi connectivity index (χ4n) is 1.68. The van der Waals surface area contributed by atoms with Crippen molar-refractivity contribution in [2.45, 2.75) is 53.4 Å². The molecule has 0 unspecified atom stereocenters. The van der Waals surface area contributed by atoms with Gasteiger partial charge in [0.2, 0.25) is 0 Å². The Bertz CT molecular complexity index is 408. The van der Waals surface area contributed by atoms with Crippen molar-refractivity contribution in [3.05, 3.63) is 29.1 Å². The summed E-state index contributed by atoms with van der Waals surface area (Å²) in [6.45, 7) is 12.9. The molecule has 0 aliphatic carbocycles. The fraction of sp³-hybridized carbons (Fsp3) is 0.600. The predicted molar refractivity (Wildman–Crippen MR) is 71.5 cm³/mol. The Kier molecular flexibility index (Phi) is 3.75. The van der Waals surface area contributed by atoms with Crippen LogP contribution in [0.2, 0.25) is 0 Å². The van der Waals surface area contributed by atoms with E-state index in [2.05, 4.69) is 46.5 Å². The van der Waals surface area contributed by atoms with E-state index in [1.165, 1.54) is 0 Å². The van der Waals surface area contributed by atoms with Gasteiger partial charge in [-0.25, -0.2) is 0 Å². The number of carbonyl (C=O) groups excluding carboxylic acids is 1. The third kappa shape index (κ3) is 3.95. The van der Waals surface area contributed by atoms with Gasteiger partial charge in [0.25, 0.3) is 0 Å². The SMILES string of the molecule is CC(C)(C)Cc1nc(C(C)(C)C)ccc1C=O. The van der Waals surface area contributed by atoms with Crippen LogP contribution < -0.4 is 0 Å². The van der Waals surface area contributed by atoms with Gasteiger partial charge in [-0.3, -0.25) is 9.78 Å². The molecule has 94 valence electrons. The Morgan fingerprint density at radius 3 is 2.12 bits per heavy atom. The number of hydrogen-bond acceptors (Lipinski definition) is 2. The molecule has 1 rings (SSSR count). The Morgan fingerprint density at radius 2 is 1.71 bits per heavy atom. The second-order valence-corrected chi connectivity index (χ2v) is 6.84. The standard InChI is InChI=1S/C15H23NO/c1-14(2,3)9-12-11(10-17)7-8-13(16-12)15(4,5)6/h7-8,10H,9H2,1-6H3. The van der Waals surface area contributed by atoms with E-state index in [0.29, 0.717) is 5.56 Å². The molecule has 0 aliphatic heterocycles. The number of carbonyl (C=O) groups is 1. The van der Waals surface area contributed by atoms with Gasteiger partial charge < -0.3 is 0 Å². The molecule has 0 amide bonds. The van der Waals surface area contributed by atoms with E-state index in [1.54, 1.807) is 0 Å². The highest BCUT2D eigenvalue weighted by molar-refractivity contribution is 5.76. The van der Waals surface area contributed by atoms with Crippen molar-refractivity contribution in [1.82, 2.24) is 4.98 Å². The highest BCUT2D eigenvalue weighted by atomic mass is 16.1. The third-order valence-corrected chi connectivity index (χ3v) is 2.60. The molecule has 0 aliphatic rings. The molecule has 2 nitrogen and oxygen atoms in total. The van der Waals surface area contributed by atoms with Gasteiger partial charge in [0.1, 0.15) is 0 Å². The molecule has 0 aromatic carbocycles. The highest BCUT2D eigenvalue weighted by Gasteiger charge is 2.20. The first-order valence-electron chi connectivity index (χ1n) is 6.09. The van der Waals surface area contributed by atoms with Gasteiger partial charge in [-0.1, -0.05) is 41.5 Å². The van der Waals surface area contributed by atoms with Gasteiger partial charge in [0.05, 0.1) is 5.69 Å². The number of hydrogen-bond donors (Lipinski definition) is 0. The highest BCUT2D eigenvalue weighted by Crippen LogP contribution is 2.25. The van der Waals surface area contributed by atoms with Crippen molar-refractivity contribution in [1.29, 1.82) is 0 Å². The Balaban J connectivity index is 3.20. The van der Waals surface area contributed by atoms with E-state index in [9.17, 15) is 4.79 Å².